The summed E-state index contributed by atoms with van der Waals surface area (Å²) in [6, 6.07) is 18.0. The molecule has 2 rings (SSSR count). The summed E-state index contributed by atoms with van der Waals surface area (Å²) in [5, 5.41) is 0. The van der Waals surface area contributed by atoms with E-state index >= 15 is 0 Å². The van der Waals surface area contributed by atoms with Crippen molar-refractivity contribution in [2.24, 2.45) is 17.8 Å². The maximum Gasteiger partial charge on any atom is 0.587 e. The van der Waals surface area contributed by atoms with Gasteiger partial charge in [0.2, 0.25) is 0 Å². The van der Waals surface area contributed by atoms with Crippen molar-refractivity contribution in [2.75, 3.05) is 6.61 Å². The molecule has 2 atom stereocenters. The topological polar surface area (TPSA) is 44.8 Å². The van der Waals surface area contributed by atoms with Gasteiger partial charge in [-0.1, -0.05) is 103 Å². The Morgan fingerprint density at radius 3 is 1.56 bits per heavy atom. The zero-order chi connectivity index (χ0) is 23.2. The first-order valence-corrected chi connectivity index (χ1v) is 13.6. The summed E-state index contributed by atoms with van der Waals surface area (Å²) in [5.41, 5.74) is 0. The maximum atomic E-state index is 13.3. The summed E-state index contributed by atoms with van der Waals surface area (Å²) >= 11 is 0. The molecule has 0 aromatic heterocycles. The summed E-state index contributed by atoms with van der Waals surface area (Å²) in [6.07, 6.45) is 8.46. The molecule has 0 heterocycles. The van der Waals surface area contributed by atoms with Crippen LogP contribution in [-0.4, -0.2) is 6.61 Å². The second kappa shape index (κ2) is 14.4. The van der Waals surface area contributed by atoms with Crippen molar-refractivity contribution in [3.8, 4) is 11.5 Å². The largest absolute Gasteiger partial charge is 0.587 e. The van der Waals surface area contributed by atoms with E-state index < -0.39 is 7.82 Å². The standard InChI is InChI=1S/C27H41O4P/c1-23(2)13-11-14-24(3)15-12-16-25(4)21-22-29-32(28,30-26-17-7-5-8-18-26)31-27-19-9-6-10-20-27/h5-10,17-20,23-25H,11-16,21-22H2,1-4H3. The normalized spacial score (nSPS) is 13.7. The Hall–Kier alpha value is -1.77. The molecule has 0 spiro atoms. The Morgan fingerprint density at radius 2 is 1.09 bits per heavy atom. The van der Waals surface area contributed by atoms with Crippen molar-refractivity contribution < 1.29 is 18.1 Å². The van der Waals surface area contributed by atoms with Crippen molar-refractivity contribution in [1.29, 1.82) is 0 Å². The molecule has 0 N–H and O–H groups in total. The molecular weight excluding hydrogens is 419 g/mol. The van der Waals surface area contributed by atoms with Crippen LogP contribution in [0.3, 0.4) is 0 Å². The monoisotopic (exact) mass is 460 g/mol. The molecule has 0 aliphatic carbocycles. The zero-order valence-corrected chi connectivity index (χ0v) is 21.1. The van der Waals surface area contributed by atoms with Crippen molar-refractivity contribution >= 4 is 7.82 Å². The van der Waals surface area contributed by atoms with E-state index in [4.69, 9.17) is 13.6 Å². The predicted octanol–water partition coefficient (Wildman–Crippen LogP) is 8.93. The van der Waals surface area contributed by atoms with Gasteiger partial charge >= 0.3 is 7.82 Å². The van der Waals surface area contributed by atoms with E-state index in [2.05, 4.69) is 27.7 Å². The molecule has 0 aliphatic heterocycles. The quantitative estimate of drug-likeness (QED) is 0.235. The van der Waals surface area contributed by atoms with Crippen molar-refractivity contribution in [1.82, 2.24) is 0 Å². The summed E-state index contributed by atoms with van der Waals surface area (Å²) < 4.78 is 30.4. The number of benzene rings is 2. The second-order valence-electron chi connectivity index (χ2n) is 9.34. The molecule has 0 saturated heterocycles. The minimum atomic E-state index is -3.78. The van der Waals surface area contributed by atoms with E-state index in [1.54, 1.807) is 24.3 Å². The number of rotatable bonds is 16. The van der Waals surface area contributed by atoms with Gasteiger partial charge in [0.15, 0.2) is 0 Å². The maximum absolute atomic E-state index is 13.3. The van der Waals surface area contributed by atoms with Crippen LogP contribution in [0.1, 0.15) is 72.6 Å². The summed E-state index contributed by atoms with van der Waals surface area (Å²) in [4.78, 5) is 0. The molecule has 2 unspecified atom stereocenters. The van der Waals surface area contributed by atoms with Crippen LogP contribution >= 0.6 is 7.82 Å². The molecule has 2 aromatic rings. The van der Waals surface area contributed by atoms with Crippen LogP contribution in [-0.2, 0) is 9.09 Å². The third-order valence-electron chi connectivity index (χ3n) is 5.65. The first-order chi connectivity index (χ1) is 15.4. The molecule has 0 bridgehead atoms. The molecule has 0 saturated carbocycles. The zero-order valence-electron chi connectivity index (χ0n) is 20.2. The van der Waals surface area contributed by atoms with Crippen LogP contribution in [0.4, 0.5) is 0 Å². The van der Waals surface area contributed by atoms with Gasteiger partial charge in [-0.05, 0) is 48.4 Å². The summed E-state index contributed by atoms with van der Waals surface area (Å²) in [5.74, 6) is 3.02. The number of hydrogen-bond acceptors (Lipinski definition) is 4. The summed E-state index contributed by atoms with van der Waals surface area (Å²) in [6.45, 7) is 9.52. The lowest BCUT2D eigenvalue weighted by Gasteiger charge is -2.20. The Morgan fingerprint density at radius 1 is 0.656 bits per heavy atom. The van der Waals surface area contributed by atoms with E-state index in [-0.39, 0.29) is 0 Å². The average Bonchev–Trinajstić information content (AvgIpc) is 2.74. The summed E-state index contributed by atoms with van der Waals surface area (Å²) in [7, 11) is -3.78. The molecular formula is C27H41O4P. The van der Waals surface area contributed by atoms with Crippen LogP contribution in [0, 0.1) is 17.8 Å². The van der Waals surface area contributed by atoms with E-state index in [1.165, 1.54) is 32.1 Å². The number of hydrogen-bond donors (Lipinski definition) is 0. The fraction of sp³-hybridized carbons (Fsp3) is 0.556. The van der Waals surface area contributed by atoms with Gasteiger partial charge in [0.25, 0.3) is 0 Å². The lowest BCUT2D eigenvalue weighted by Crippen LogP contribution is -2.08. The highest BCUT2D eigenvalue weighted by Crippen LogP contribution is 2.49. The average molecular weight is 461 g/mol. The van der Waals surface area contributed by atoms with Gasteiger partial charge < -0.3 is 9.05 Å². The van der Waals surface area contributed by atoms with Crippen molar-refractivity contribution in [3.63, 3.8) is 0 Å². The van der Waals surface area contributed by atoms with Gasteiger partial charge in [-0.15, -0.1) is 0 Å². The Bertz CT molecular complexity index is 733. The van der Waals surface area contributed by atoms with Gasteiger partial charge in [0, 0.05) is 0 Å². The smallest absolute Gasteiger partial charge is 0.395 e. The van der Waals surface area contributed by atoms with Gasteiger partial charge in [-0.2, -0.15) is 0 Å². The van der Waals surface area contributed by atoms with Gasteiger partial charge in [-0.3, -0.25) is 4.52 Å². The number of phosphoric ester groups is 1. The number of phosphoric acid groups is 1. The third kappa shape index (κ3) is 11.2. The van der Waals surface area contributed by atoms with Gasteiger partial charge in [-0.25, -0.2) is 4.57 Å². The second-order valence-corrected chi connectivity index (χ2v) is 10.9. The third-order valence-corrected chi connectivity index (χ3v) is 7.02. The molecule has 0 amide bonds. The highest BCUT2D eigenvalue weighted by molar-refractivity contribution is 7.49. The highest BCUT2D eigenvalue weighted by Gasteiger charge is 2.31. The molecule has 0 radical (unpaired) electrons. The van der Waals surface area contributed by atoms with Gasteiger partial charge in [0.05, 0.1) is 6.61 Å². The SMILES string of the molecule is CC(C)CCCC(C)CCCC(C)CCOP(=O)(Oc1ccccc1)Oc1ccccc1. The van der Waals surface area contributed by atoms with Crippen molar-refractivity contribution in [3.05, 3.63) is 60.7 Å². The first-order valence-electron chi connectivity index (χ1n) is 12.1. The van der Waals surface area contributed by atoms with Crippen LogP contribution in [0.25, 0.3) is 0 Å². The lowest BCUT2D eigenvalue weighted by molar-refractivity contribution is 0.195. The predicted molar refractivity (Wildman–Crippen MR) is 133 cm³/mol. The van der Waals surface area contributed by atoms with Crippen LogP contribution in [0.5, 0.6) is 11.5 Å². The minimum absolute atomic E-state index is 0.335. The fourth-order valence-electron chi connectivity index (χ4n) is 3.64. The van der Waals surface area contributed by atoms with Crippen LogP contribution in [0.15, 0.2) is 60.7 Å². The fourth-order valence-corrected chi connectivity index (χ4v) is 4.87. The molecule has 0 aliphatic rings. The molecule has 178 valence electrons. The van der Waals surface area contributed by atoms with Crippen LogP contribution in [0.2, 0.25) is 0 Å². The van der Waals surface area contributed by atoms with E-state index in [1.807, 2.05) is 36.4 Å². The Labute approximate surface area is 195 Å². The molecule has 32 heavy (non-hydrogen) atoms. The highest BCUT2D eigenvalue weighted by atomic mass is 31.2. The first kappa shape index (κ1) is 26.5. The Kier molecular flexibility index (Phi) is 11.9. The van der Waals surface area contributed by atoms with E-state index in [0.29, 0.717) is 24.0 Å². The van der Waals surface area contributed by atoms with Crippen molar-refractivity contribution in [2.45, 2.75) is 72.6 Å². The number of para-hydroxylation sites is 2. The molecule has 5 heteroatoms. The molecule has 4 nitrogen and oxygen atoms in total. The molecule has 2 aromatic carbocycles. The van der Waals surface area contributed by atoms with Gasteiger partial charge in [0.1, 0.15) is 11.5 Å². The lowest BCUT2D eigenvalue weighted by atomic mass is 9.93. The molecule has 0 fully saturated rings. The van der Waals surface area contributed by atoms with Crippen LogP contribution < -0.4 is 9.05 Å². The minimum Gasteiger partial charge on any atom is -0.395 e. The van der Waals surface area contributed by atoms with E-state index in [0.717, 1.165) is 24.7 Å². The van der Waals surface area contributed by atoms with E-state index in [9.17, 15) is 4.57 Å². The Balaban J connectivity index is 1.77.